The molecule has 0 spiro atoms. The molecule has 0 saturated carbocycles. The Bertz CT molecular complexity index is 1510. The minimum Gasteiger partial charge on any atom is -0.309 e. The molecule has 0 aliphatic carbocycles. The molecule has 0 bridgehead atoms. The van der Waals surface area contributed by atoms with Gasteiger partial charge in [-0.05, 0) is 52.9 Å². The van der Waals surface area contributed by atoms with E-state index < -0.39 is 0 Å². The number of hydrogen-bond donors (Lipinski definition) is 0. The summed E-state index contributed by atoms with van der Waals surface area (Å²) in [5.74, 6) is 0. The molecule has 0 amide bonds. The Balaban J connectivity index is 1.66. The first-order chi connectivity index (χ1) is 15.9. The molecule has 1 aromatic heterocycles. The Labute approximate surface area is 188 Å². The quantitative estimate of drug-likeness (QED) is 0.278. The summed E-state index contributed by atoms with van der Waals surface area (Å²) >= 11 is 0. The van der Waals surface area contributed by atoms with Gasteiger partial charge in [-0.3, -0.25) is 0 Å². The fourth-order valence-electron chi connectivity index (χ4n) is 4.75. The summed E-state index contributed by atoms with van der Waals surface area (Å²) in [4.78, 5) is 0. The summed E-state index contributed by atoms with van der Waals surface area (Å²) in [5, 5.41) is 2.59. The Kier molecular flexibility index (Phi) is 4.58. The second-order valence-electron chi connectivity index (χ2n) is 8.24. The van der Waals surface area contributed by atoms with Crippen molar-refractivity contribution in [2.75, 3.05) is 0 Å². The van der Waals surface area contributed by atoms with Gasteiger partial charge >= 0.3 is 0 Å². The molecule has 0 N–H and O–H groups in total. The number of nitrogens with zero attached hydrogens (tertiary/aromatic N) is 1. The average molecular weight is 410 g/mol. The van der Waals surface area contributed by atoms with E-state index in [2.05, 4.69) is 132 Å². The van der Waals surface area contributed by atoms with E-state index in [9.17, 15) is 0 Å². The van der Waals surface area contributed by atoms with Crippen molar-refractivity contribution in [2.24, 2.45) is 0 Å². The molecular formula is C31H23N. The third-order valence-electron chi connectivity index (χ3n) is 6.23. The molecule has 6 rings (SSSR count). The smallest absolute Gasteiger partial charge is 0.0576 e. The highest BCUT2D eigenvalue weighted by Crippen LogP contribution is 2.37. The maximum absolute atomic E-state index is 2.43. The predicted molar refractivity (Wildman–Crippen MR) is 135 cm³/mol. The molecule has 1 heteroatoms. The number of para-hydroxylation sites is 2. The van der Waals surface area contributed by atoms with E-state index in [-0.39, 0.29) is 0 Å². The average Bonchev–Trinajstić information content (AvgIpc) is 3.20. The van der Waals surface area contributed by atoms with Crippen LogP contribution >= 0.6 is 0 Å². The first-order valence-electron chi connectivity index (χ1n) is 11.1. The lowest BCUT2D eigenvalue weighted by Crippen LogP contribution is -1.97. The highest BCUT2D eigenvalue weighted by Gasteiger charge is 2.16. The van der Waals surface area contributed by atoms with Crippen LogP contribution in [-0.4, -0.2) is 4.57 Å². The Morgan fingerprint density at radius 1 is 0.500 bits per heavy atom. The second-order valence-corrected chi connectivity index (χ2v) is 8.24. The first kappa shape index (κ1) is 18.7. The molecule has 1 nitrogen and oxygen atoms in total. The molecular weight excluding hydrogens is 386 g/mol. The Hall–Kier alpha value is -4.10. The molecule has 32 heavy (non-hydrogen) atoms. The van der Waals surface area contributed by atoms with Crippen molar-refractivity contribution in [3.05, 3.63) is 139 Å². The van der Waals surface area contributed by atoms with Crippen LogP contribution in [0.5, 0.6) is 0 Å². The van der Waals surface area contributed by atoms with Crippen LogP contribution in [0, 0.1) is 0 Å². The lowest BCUT2D eigenvalue weighted by atomic mass is 10.00. The largest absolute Gasteiger partial charge is 0.309 e. The van der Waals surface area contributed by atoms with Crippen LogP contribution < -0.4 is 0 Å². The molecule has 0 fully saturated rings. The van der Waals surface area contributed by atoms with Gasteiger partial charge < -0.3 is 4.57 Å². The van der Waals surface area contributed by atoms with Crippen molar-refractivity contribution in [1.29, 1.82) is 0 Å². The zero-order chi connectivity index (χ0) is 21.3. The third kappa shape index (κ3) is 3.19. The van der Waals surface area contributed by atoms with Crippen molar-refractivity contribution < 1.29 is 0 Å². The first-order valence-corrected chi connectivity index (χ1v) is 11.1. The monoisotopic (exact) mass is 409 g/mol. The third-order valence-corrected chi connectivity index (χ3v) is 6.23. The van der Waals surface area contributed by atoms with Gasteiger partial charge in [-0.15, -0.1) is 0 Å². The molecule has 0 atom stereocenters. The fraction of sp³-hybridized carbons (Fsp3) is 0.0323. The molecule has 0 unspecified atom stereocenters. The van der Waals surface area contributed by atoms with Crippen LogP contribution in [0.25, 0.3) is 38.6 Å². The fourth-order valence-corrected chi connectivity index (χ4v) is 4.75. The zero-order valence-electron chi connectivity index (χ0n) is 17.8. The van der Waals surface area contributed by atoms with Gasteiger partial charge in [-0.1, -0.05) is 103 Å². The SMILES string of the molecule is c1ccc(Cc2cccc3c4cc(-c5ccccc5)ccc4n(-c4ccccc4)c23)cc1. The van der Waals surface area contributed by atoms with Crippen LogP contribution in [-0.2, 0) is 6.42 Å². The van der Waals surface area contributed by atoms with Crippen molar-refractivity contribution >= 4 is 21.8 Å². The van der Waals surface area contributed by atoms with Crippen LogP contribution in [0.15, 0.2) is 127 Å². The van der Waals surface area contributed by atoms with E-state index in [1.54, 1.807) is 0 Å². The summed E-state index contributed by atoms with van der Waals surface area (Å²) in [5.41, 5.74) is 8.90. The van der Waals surface area contributed by atoms with Gasteiger partial charge in [0.2, 0.25) is 0 Å². The summed E-state index contributed by atoms with van der Waals surface area (Å²) < 4.78 is 2.43. The molecule has 0 saturated heterocycles. The van der Waals surface area contributed by atoms with Gasteiger partial charge in [-0.2, -0.15) is 0 Å². The number of hydrogen-bond acceptors (Lipinski definition) is 0. The van der Waals surface area contributed by atoms with Crippen LogP contribution in [0.3, 0.4) is 0 Å². The molecule has 0 radical (unpaired) electrons. The Morgan fingerprint density at radius 3 is 1.94 bits per heavy atom. The van der Waals surface area contributed by atoms with Gasteiger partial charge in [-0.25, -0.2) is 0 Å². The van der Waals surface area contributed by atoms with Crippen molar-refractivity contribution in [3.63, 3.8) is 0 Å². The predicted octanol–water partition coefficient (Wildman–Crippen LogP) is 8.04. The van der Waals surface area contributed by atoms with Gasteiger partial charge in [0.1, 0.15) is 0 Å². The van der Waals surface area contributed by atoms with Gasteiger partial charge in [0.25, 0.3) is 0 Å². The number of fused-ring (bicyclic) bond motifs is 3. The molecule has 0 aliphatic heterocycles. The van der Waals surface area contributed by atoms with Gasteiger partial charge in [0, 0.05) is 16.5 Å². The maximum atomic E-state index is 2.43. The maximum Gasteiger partial charge on any atom is 0.0576 e. The van der Waals surface area contributed by atoms with Crippen LogP contribution in [0.4, 0.5) is 0 Å². The molecule has 6 aromatic rings. The van der Waals surface area contributed by atoms with E-state index in [1.165, 1.54) is 49.7 Å². The number of aromatic nitrogens is 1. The van der Waals surface area contributed by atoms with E-state index in [4.69, 9.17) is 0 Å². The van der Waals surface area contributed by atoms with Crippen LogP contribution in [0.2, 0.25) is 0 Å². The highest BCUT2D eigenvalue weighted by molar-refractivity contribution is 6.11. The van der Waals surface area contributed by atoms with E-state index in [0.717, 1.165) is 6.42 Å². The standard InChI is InChI=1S/C31H23N/c1-4-11-23(12-5-1)21-26-15-10-18-28-29-22-25(24-13-6-2-7-14-24)19-20-30(29)32(31(26)28)27-16-8-3-9-17-27/h1-20,22H,21H2. The van der Waals surface area contributed by atoms with Crippen molar-refractivity contribution in [2.45, 2.75) is 6.42 Å². The second kappa shape index (κ2) is 7.86. The summed E-state index contributed by atoms with van der Waals surface area (Å²) in [6.45, 7) is 0. The Morgan fingerprint density at radius 2 is 1.19 bits per heavy atom. The number of benzene rings is 5. The van der Waals surface area contributed by atoms with E-state index in [1.807, 2.05) is 0 Å². The normalized spacial score (nSPS) is 11.2. The lowest BCUT2D eigenvalue weighted by Gasteiger charge is -2.11. The molecule has 1 heterocycles. The highest BCUT2D eigenvalue weighted by atomic mass is 15.0. The molecule has 5 aromatic carbocycles. The number of rotatable bonds is 4. The molecule has 0 aliphatic rings. The van der Waals surface area contributed by atoms with E-state index >= 15 is 0 Å². The minimum atomic E-state index is 0.910. The zero-order valence-corrected chi connectivity index (χ0v) is 17.8. The van der Waals surface area contributed by atoms with Crippen LogP contribution in [0.1, 0.15) is 11.1 Å². The van der Waals surface area contributed by atoms with Crippen molar-refractivity contribution in [3.8, 4) is 16.8 Å². The summed E-state index contributed by atoms with van der Waals surface area (Å²) in [6, 6.07) is 45.7. The summed E-state index contributed by atoms with van der Waals surface area (Å²) in [7, 11) is 0. The van der Waals surface area contributed by atoms with Gasteiger partial charge in [0.15, 0.2) is 0 Å². The summed E-state index contributed by atoms with van der Waals surface area (Å²) in [6.07, 6.45) is 0.910. The topological polar surface area (TPSA) is 4.93 Å². The van der Waals surface area contributed by atoms with Gasteiger partial charge in [0.05, 0.1) is 11.0 Å². The van der Waals surface area contributed by atoms with Crippen molar-refractivity contribution in [1.82, 2.24) is 4.57 Å². The van der Waals surface area contributed by atoms with E-state index in [0.29, 0.717) is 0 Å². The molecule has 152 valence electrons. The minimum absolute atomic E-state index is 0.910. The lowest BCUT2D eigenvalue weighted by molar-refractivity contribution is 1.13.